The molecule has 9 heteroatoms. The SMILES string of the molecule is CCc1ccc(OCn2cc(NC(=O)c3cccc(COc4ccc(C)cc4[N+](=O)[O-])c3)cn2)cc1. The summed E-state index contributed by atoms with van der Waals surface area (Å²) in [5.41, 5.74) is 3.57. The molecule has 36 heavy (non-hydrogen) atoms. The predicted octanol–water partition coefficient (Wildman–Crippen LogP) is 5.53. The molecule has 0 bridgehead atoms. The van der Waals surface area contributed by atoms with Gasteiger partial charge in [-0.05, 0) is 60.4 Å². The highest BCUT2D eigenvalue weighted by Crippen LogP contribution is 2.28. The van der Waals surface area contributed by atoms with Gasteiger partial charge >= 0.3 is 5.69 Å². The van der Waals surface area contributed by atoms with Crippen molar-refractivity contribution in [1.29, 1.82) is 0 Å². The lowest BCUT2D eigenvalue weighted by Crippen LogP contribution is -2.12. The third-order valence-electron chi connectivity index (χ3n) is 5.48. The summed E-state index contributed by atoms with van der Waals surface area (Å²) in [6.07, 6.45) is 4.19. The van der Waals surface area contributed by atoms with E-state index in [0.717, 1.165) is 17.7 Å². The minimum absolute atomic E-state index is 0.0829. The van der Waals surface area contributed by atoms with Crippen molar-refractivity contribution in [1.82, 2.24) is 9.78 Å². The van der Waals surface area contributed by atoms with Gasteiger partial charge in [-0.15, -0.1) is 0 Å². The fourth-order valence-corrected chi connectivity index (χ4v) is 3.52. The quantitative estimate of drug-likeness (QED) is 0.233. The Kier molecular flexibility index (Phi) is 7.60. The van der Waals surface area contributed by atoms with Gasteiger partial charge in [-0.3, -0.25) is 14.9 Å². The average Bonchev–Trinajstić information content (AvgIpc) is 3.34. The van der Waals surface area contributed by atoms with Gasteiger partial charge in [0.25, 0.3) is 5.91 Å². The Balaban J connectivity index is 1.34. The number of amides is 1. The van der Waals surface area contributed by atoms with Crippen LogP contribution in [0.25, 0.3) is 0 Å². The van der Waals surface area contributed by atoms with Gasteiger partial charge in [-0.1, -0.05) is 37.3 Å². The van der Waals surface area contributed by atoms with E-state index >= 15 is 0 Å². The summed E-state index contributed by atoms with van der Waals surface area (Å²) in [6, 6.07) is 19.5. The molecule has 3 aromatic carbocycles. The monoisotopic (exact) mass is 486 g/mol. The molecule has 1 amide bonds. The number of aromatic nitrogens is 2. The molecule has 4 rings (SSSR count). The highest BCUT2D eigenvalue weighted by atomic mass is 16.6. The Bertz CT molecular complexity index is 1360. The molecule has 1 N–H and O–H groups in total. The van der Waals surface area contributed by atoms with Gasteiger partial charge in [0.05, 0.1) is 23.0 Å². The fraction of sp³-hybridized carbons (Fsp3) is 0.185. The molecule has 0 aliphatic carbocycles. The first-order valence-corrected chi connectivity index (χ1v) is 11.4. The van der Waals surface area contributed by atoms with E-state index in [2.05, 4.69) is 17.3 Å². The molecule has 0 fully saturated rings. The summed E-state index contributed by atoms with van der Waals surface area (Å²) in [7, 11) is 0. The maximum atomic E-state index is 12.8. The van der Waals surface area contributed by atoms with Crippen molar-refractivity contribution in [2.45, 2.75) is 33.6 Å². The van der Waals surface area contributed by atoms with Crippen LogP contribution in [0.5, 0.6) is 11.5 Å². The molecule has 0 aliphatic rings. The van der Waals surface area contributed by atoms with Crippen molar-refractivity contribution in [2.24, 2.45) is 0 Å². The van der Waals surface area contributed by atoms with Crippen LogP contribution in [0.15, 0.2) is 79.1 Å². The summed E-state index contributed by atoms with van der Waals surface area (Å²) in [5, 5.41) is 18.3. The van der Waals surface area contributed by atoms with E-state index in [1.807, 2.05) is 24.3 Å². The Morgan fingerprint density at radius 2 is 1.86 bits per heavy atom. The van der Waals surface area contributed by atoms with E-state index in [9.17, 15) is 14.9 Å². The van der Waals surface area contributed by atoms with Crippen LogP contribution in [0, 0.1) is 17.0 Å². The highest BCUT2D eigenvalue weighted by Gasteiger charge is 2.15. The van der Waals surface area contributed by atoms with Crippen molar-refractivity contribution >= 4 is 17.3 Å². The number of hydrogen-bond donors (Lipinski definition) is 1. The number of nitro groups is 1. The fourth-order valence-electron chi connectivity index (χ4n) is 3.52. The van der Waals surface area contributed by atoms with Gasteiger partial charge in [0.15, 0.2) is 12.5 Å². The molecule has 1 aromatic heterocycles. The lowest BCUT2D eigenvalue weighted by atomic mass is 10.1. The first-order valence-electron chi connectivity index (χ1n) is 11.4. The number of ether oxygens (including phenoxy) is 2. The van der Waals surface area contributed by atoms with E-state index in [-0.39, 0.29) is 30.7 Å². The van der Waals surface area contributed by atoms with Crippen LogP contribution in [0.4, 0.5) is 11.4 Å². The first-order chi connectivity index (χ1) is 17.4. The molecular formula is C27H26N4O5. The van der Waals surface area contributed by atoms with Crippen molar-refractivity contribution < 1.29 is 19.2 Å². The van der Waals surface area contributed by atoms with Crippen molar-refractivity contribution in [2.75, 3.05) is 5.32 Å². The second-order valence-corrected chi connectivity index (χ2v) is 8.21. The topological polar surface area (TPSA) is 109 Å². The Morgan fingerprint density at radius 1 is 1.06 bits per heavy atom. The number of nitrogens with zero attached hydrogens (tertiary/aromatic N) is 3. The second kappa shape index (κ2) is 11.2. The van der Waals surface area contributed by atoms with Crippen molar-refractivity contribution in [3.05, 3.63) is 111 Å². The molecule has 4 aromatic rings. The molecule has 0 saturated heterocycles. The van der Waals surface area contributed by atoms with Gasteiger partial charge in [-0.2, -0.15) is 5.10 Å². The predicted molar refractivity (Wildman–Crippen MR) is 135 cm³/mol. The van der Waals surface area contributed by atoms with Crippen LogP contribution < -0.4 is 14.8 Å². The summed E-state index contributed by atoms with van der Waals surface area (Å²) < 4.78 is 13.0. The average molecular weight is 487 g/mol. The van der Waals surface area contributed by atoms with E-state index in [1.54, 1.807) is 60.4 Å². The maximum absolute atomic E-state index is 12.8. The number of benzene rings is 3. The molecule has 0 atom stereocenters. The number of anilines is 1. The third kappa shape index (κ3) is 6.26. The van der Waals surface area contributed by atoms with Crippen LogP contribution in [-0.2, 0) is 19.8 Å². The van der Waals surface area contributed by atoms with Crippen molar-refractivity contribution in [3.8, 4) is 11.5 Å². The minimum atomic E-state index is -0.473. The summed E-state index contributed by atoms with van der Waals surface area (Å²) in [4.78, 5) is 23.6. The van der Waals surface area contributed by atoms with Crippen molar-refractivity contribution in [3.63, 3.8) is 0 Å². The zero-order valence-corrected chi connectivity index (χ0v) is 20.0. The minimum Gasteiger partial charge on any atom is -0.482 e. The number of hydrogen-bond acceptors (Lipinski definition) is 6. The molecule has 1 heterocycles. The van der Waals surface area contributed by atoms with Gasteiger partial charge in [0, 0.05) is 11.6 Å². The number of rotatable bonds is 10. The Labute approximate surface area is 208 Å². The molecule has 0 saturated carbocycles. The molecule has 0 radical (unpaired) electrons. The molecular weight excluding hydrogens is 460 g/mol. The van der Waals surface area contributed by atoms with E-state index in [0.29, 0.717) is 16.8 Å². The number of carbonyl (C=O) groups excluding carboxylic acids is 1. The lowest BCUT2D eigenvalue weighted by Gasteiger charge is -2.09. The zero-order chi connectivity index (χ0) is 25.5. The third-order valence-corrected chi connectivity index (χ3v) is 5.48. The molecule has 0 aliphatic heterocycles. The molecule has 0 unspecified atom stereocenters. The number of aryl methyl sites for hydroxylation is 2. The summed E-state index contributed by atoms with van der Waals surface area (Å²) in [5.74, 6) is 0.605. The van der Waals surface area contributed by atoms with Crippen LogP contribution in [0.2, 0.25) is 0 Å². The van der Waals surface area contributed by atoms with E-state index < -0.39 is 4.92 Å². The number of nitro benzene ring substituents is 1. The maximum Gasteiger partial charge on any atom is 0.311 e. The highest BCUT2D eigenvalue weighted by molar-refractivity contribution is 6.04. The first kappa shape index (κ1) is 24.5. The molecule has 184 valence electrons. The summed E-state index contributed by atoms with van der Waals surface area (Å²) >= 11 is 0. The Hall–Kier alpha value is -4.66. The van der Waals surface area contributed by atoms with Gasteiger partial charge in [-0.25, -0.2) is 4.68 Å². The van der Waals surface area contributed by atoms with Gasteiger partial charge < -0.3 is 14.8 Å². The van der Waals surface area contributed by atoms with E-state index in [4.69, 9.17) is 9.47 Å². The van der Waals surface area contributed by atoms with Crippen LogP contribution >= 0.6 is 0 Å². The van der Waals surface area contributed by atoms with Gasteiger partial charge in [0.1, 0.15) is 12.4 Å². The van der Waals surface area contributed by atoms with Crippen LogP contribution in [0.3, 0.4) is 0 Å². The van der Waals surface area contributed by atoms with Gasteiger partial charge in [0.2, 0.25) is 0 Å². The van der Waals surface area contributed by atoms with E-state index in [1.165, 1.54) is 11.6 Å². The second-order valence-electron chi connectivity index (χ2n) is 8.21. The largest absolute Gasteiger partial charge is 0.482 e. The zero-order valence-electron chi connectivity index (χ0n) is 20.0. The van der Waals surface area contributed by atoms with Crippen LogP contribution in [-0.4, -0.2) is 20.6 Å². The number of nitrogens with one attached hydrogen (secondary N) is 1. The Morgan fingerprint density at radius 3 is 2.61 bits per heavy atom. The molecule has 9 nitrogen and oxygen atoms in total. The standard InChI is InChI=1S/C27H26N4O5/c1-3-20-8-10-24(11-9-20)36-18-30-16-23(15-28-30)29-27(32)22-6-4-5-21(14-22)17-35-26-12-7-19(2)13-25(26)31(33)34/h4-16H,3,17-18H2,1-2H3,(H,29,32). The summed E-state index contributed by atoms with van der Waals surface area (Å²) in [6.45, 7) is 4.17. The molecule has 0 spiro atoms. The lowest BCUT2D eigenvalue weighted by molar-refractivity contribution is -0.386. The van der Waals surface area contributed by atoms with Crippen LogP contribution in [0.1, 0.15) is 34.0 Å². The number of carbonyl (C=O) groups is 1. The smallest absolute Gasteiger partial charge is 0.311 e. The normalized spacial score (nSPS) is 10.6.